The molecule has 0 bridgehead atoms. The summed E-state index contributed by atoms with van der Waals surface area (Å²) >= 11 is 0. The Morgan fingerprint density at radius 3 is 2.43 bits per heavy atom. The van der Waals surface area contributed by atoms with Crippen LogP contribution in [0.4, 0.5) is 11.5 Å². The van der Waals surface area contributed by atoms with E-state index in [9.17, 15) is 61.0 Å². The number of aromatic amines is 2. The number of nitrogens with one attached hydrogen (secondary N) is 3. The van der Waals surface area contributed by atoms with Crippen LogP contribution in [0, 0.1) is 11.8 Å². The van der Waals surface area contributed by atoms with E-state index < -0.39 is 108 Å². The van der Waals surface area contributed by atoms with Crippen LogP contribution in [0.1, 0.15) is 83.5 Å². The first-order chi connectivity index (χ1) is 36.0. The minimum atomic E-state index is -3.22. The van der Waals surface area contributed by atoms with Crippen LogP contribution >= 0.6 is 0 Å². The molecule has 1 saturated heterocycles. The maximum Gasteiger partial charge on any atom is 0.355 e. The summed E-state index contributed by atoms with van der Waals surface area (Å²) in [5.74, 6) is -9.38. The number of anilines is 2. The molecule has 21 heteroatoms. The van der Waals surface area contributed by atoms with Crippen LogP contribution in [-0.2, 0) is 19.7 Å². The Balaban J connectivity index is 1.08. The lowest BCUT2D eigenvalue weighted by atomic mass is 9.59. The molecule has 0 radical (unpaired) electrons. The number of nitrogens with two attached hydrogens (primary N) is 1. The number of aliphatic hydroxyl groups excluding tert-OH is 7. The number of H-pyrrole nitrogens is 2. The zero-order chi connectivity index (χ0) is 53.1. The van der Waals surface area contributed by atoms with Crippen molar-refractivity contribution >= 4 is 29.5 Å². The molecule has 4 heterocycles. The number of aromatic nitrogens is 3. The third kappa shape index (κ3) is 8.56. The van der Waals surface area contributed by atoms with Gasteiger partial charge in [0.05, 0.1) is 37.0 Å². The Hall–Kier alpha value is -6.63. The number of imidazole rings is 1. The summed E-state index contributed by atoms with van der Waals surface area (Å²) in [5, 5.41) is 124. The molecule has 21 nitrogen and oxygen atoms in total. The highest BCUT2D eigenvalue weighted by molar-refractivity contribution is 6.13. The third-order valence-corrected chi connectivity index (χ3v) is 16.4. The number of ether oxygens (including phenoxy) is 2. The van der Waals surface area contributed by atoms with E-state index in [1.807, 2.05) is 42.5 Å². The van der Waals surface area contributed by atoms with E-state index in [0.29, 0.717) is 48.9 Å². The van der Waals surface area contributed by atoms with E-state index >= 15 is 4.79 Å². The van der Waals surface area contributed by atoms with Gasteiger partial charge in [-0.05, 0) is 90.8 Å². The van der Waals surface area contributed by atoms with Crippen molar-refractivity contribution < 1.29 is 75.2 Å². The van der Waals surface area contributed by atoms with Gasteiger partial charge in [0.15, 0.2) is 23.1 Å². The van der Waals surface area contributed by atoms with Crippen molar-refractivity contribution in [3.63, 3.8) is 0 Å². The SMILES string of the molecule is NC1CCCC1(c1ccccc1)C1C(CC(O)CO)=CC2(C(=O)O)C1c1cc(O)c(OC3(O)OC(CO)C(O)C(O)C3O)cc1N2C(=O)C=Cc1ccc(O)c(C2CC(CO)C(CNc3ccc[nH]3)c3nc[nH]c32)c1. The van der Waals surface area contributed by atoms with Gasteiger partial charge in [-0.3, -0.25) is 9.69 Å². The molecule has 2 aliphatic heterocycles. The van der Waals surface area contributed by atoms with Crippen LogP contribution < -0.4 is 20.7 Å². The van der Waals surface area contributed by atoms with Crippen LogP contribution in [-0.4, -0.2) is 157 Å². The molecule has 1 saturated carbocycles. The van der Waals surface area contributed by atoms with Crippen molar-refractivity contribution in [2.45, 2.75) is 103 Å². The van der Waals surface area contributed by atoms with Gasteiger partial charge in [0.1, 0.15) is 29.9 Å². The molecule has 1 amide bonds. The Kier molecular flexibility index (Phi) is 13.9. The van der Waals surface area contributed by atoms with Crippen LogP contribution in [0.3, 0.4) is 0 Å². The van der Waals surface area contributed by atoms with Crippen molar-refractivity contribution in [2.24, 2.45) is 17.6 Å². The molecule has 75 heavy (non-hydrogen) atoms. The fourth-order valence-electron chi connectivity index (χ4n) is 13.0. The summed E-state index contributed by atoms with van der Waals surface area (Å²) in [6, 6.07) is 19.4. The Bertz CT molecular complexity index is 2970. The fraction of sp³-hybridized carbons (Fsp3) is 0.426. The molecule has 14 unspecified atom stereocenters. The number of hydrogen-bond donors (Lipinski definition) is 15. The highest BCUT2D eigenvalue weighted by atomic mass is 16.8. The van der Waals surface area contributed by atoms with Gasteiger partial charge < -0.3 is 86.7 Å². The number of phenolic OH excluding ortho intramolecular Hbond substituents is 2. The number of aliphatic carboxylic acids is 1. The minimum Gasteiger partial charge on any atom is -0.508 e. The highest BCUT2D eigenvalue weighted by Gasteiger charge is 2.69. The van der Waals surface area contributed by atoms with Gasteiger partial charge in [-0.2, -0.15) is 0 Å². The molecular formula is C54H62N6O15. The van der Waals surface area contributed by atoms with E-state index in [1.54, 1.807) is 24.7 Å². The second-order valence-electron chi connectivity index (χ2n) is 20.5. The zero-order valence-electron chi connectivity index (χ0n) is 40.6. The highest BCUT2D eigenvalue weighted by Crippen LogP contribution is 2.67. The largest absolute Gasteiger partial charge is 0.508 e. The number of aromatic hydroxyl groups is 2. The Labute approximate surface area is 429 Å². The number of amides is 1. The van der Waals surface area contributed by atoms with Gasteiger partial charge >= 0.3 is 11.9 Å². The number of aliphatic hydroxyl groups is 8. The van der Waals surface area contributed by atoms with Gasteiger partial charge in [-0.25, -0.2) is 9.78 Å². The molecule has 5 aliphatic rings. The number of carbonyl (C=O) groups is 2. The quantitative estimate of drug-likeness (QED) is 0.0380. The lowest BCUT2D eigenvalue weighted by Crippen LogP contribution is -2.67. The van der Waals surface area contributed by atoms with Gasteiger partial charge in [-0.1, -0.05) is 48.4 Å². The molecule has 2 aromatic heterocycles. The lowest BCUT2D eigenvalue weighted by molar-refractivity contribution is -0.422. The van der Waals surface area contributed by atoms with E-state index in [0.717, 1.165) is 39.8 Å². The maximum atomic E-state index is 15.4. The molecule has 16 N–H and O–H groups in total. The number of rotatable bonds is 16. The third-order valence-electron chi connectivity index (χ3n) is 16.4. The molecular weight excluding hydrogens is 973 g/mol. The van der Waals surface area contributed by atoms with E-state index in [4.69, 9.17) is 15.2 Å². The number of phenols is 2. The summed E-state index contributed by atoms with van der Waals surface area (Å²) in [5.41, 5.74) is 7.27. The monoisotopic (exact) mass is 1030 g/mol. The summed E-state index contributed by atoms with van der Waals surface area (Å²) in [7, 11) is 0. The number of benzene rings is 3. The molecule has 5 aromatic rings. The van der Waals surface area contributed by atoms with Crippen LogP contribution in [0.2, 0.25) is 0 Å². The van der Waals surface area contributed by atoms with Gasteiger partial charge in [0.2, 0.25) is 0 Å². The smallest absolute Gasteiger partial charge is 0.355 e. The molecule has 14 atom stereocenters. The molecule has 0 spiro atoms. The van der Waals surface area contributed by atoms with Crippen molar-refractivity contribution in [3.05, 3.63) is 137 Å². The van der Waals surface area contributed by atoms with Crippen LogP contribution in [0.25, 0.3) is 6.08 Å². The Morgan fingerprint density at radius 2 is 1.75 bits per heavy atom. The van der Waals surface area contributed by atoms with E-state index in [-0.39, 0.29) is 41.9 Å². The topological polar surface area (TPSA) is 361 Å². The van der Waals surface area contributed by atoms with Crippen LogP contribution in [0.15, 0.2) is 103 Å². The van der Waals surface area contributed by atoms with Gasteiger partial charge in [0.25, 0.3) is 5.91 Å². The van der Waals surface area contributed by atoms with Gasteiger partial charge in [-0.15, -0.1) is 0 Å². The van der Waals surface area contributed by atoms with Crippen molar-refractivity contribution in [1.29, 1.82) is 0 Å². The standard InChI is InChI=1S/C54H62N6O15/c55-41-8-4-14-52(41,30-6-2-1-3-7-30)44-28(17-31(64)24-62)21-53(51(71)72)45(44)34-19-38(66)39(74-54(73)50(70)49(69)48(68)40(25-63)75-54)20-36(34)60(53)43(67)13-11-27-10-12-37(65)32(16-27)33-18-29(23-61)35(47-46(33)58-26-59-47)22-57-42-9-5-15-56-42/h1-3,5-7,9-13,15-16,19-21,26,29,31,33,35,40-41,44-45,48-50,56-57,61-66,68-70,73H,4,8,14,17-18,22-25,55H2,(H,58,59)(H,71,72). The molecule has 3 aliphatic carbocycles. The number of carboxylic acids is 1. The first kappa shape index (κ1) is 51.8. The molecule has 2 fully saturated rings. The first-order valence-corrected chi connectivity index (χ1v) is 25.0. The summed E-state index contributed by atoms with van der Waals surface area (Å²) in [6.45, 7) is -1.32. The molecule has 10 rings (SSSR count). The van der Waals surface area contributed by atoms with E-state index in [2.05, 4.69) is 20.3 Å². The van der Waals surface area contributed by atoms with Crippen molar-refractivity contribution in [3.8, 4) is 17.2 Å². The van der Waals surface area contributed by atoms with Crippen LogP contribution in [0.5, 0.6) is 17.2 Å². The summed E-state index contributed by atoms with van der Waals surface area (Å²) in [6.07, 6.45) is -0.245. The molecule has 398 valence electrons. The number of nitrogens with zero attached hydrogens (tertiary/aromatic N) is 2. The Morgan fingerprint density at radius 1 is 0.960 bits per heavy atom. The second-order valence-corrected chi connectivity index (χ2v) is 20.5. The number of fused-ring (bicyclic) bond motifs is 4. The fourth-order valence-corrected chi connectivity index (χ4v) is 13.0. The predicted octanol–water partition coefficient (Wildman–Crippen LogP) is 1.70. The summed E-state index contributed by atoms with van der Waals surface area (Å²) in [4.78, 5) is 42.0. The molecule has 3 aromatic carbocycles. The minimum absolute atomic E-state index is 0.0598. The number of carbonyl (C=O) groups excluding carboxylic acids is 1. The predicted molar refractivity (Wildman–Crippen MR) is 268 cm³/mol. The maximum absolute atomic E-state index is 15.4. The average Bonchev–Trinajstić information content (AvgIpc) is 4.35. The number of carboxylic acid groups (broad SMARTS) is 1. The van der Waals surface area contributed by atoms with Crippen molar-refractivity contribution in [2.75, 3.05) is 36.6 Å². The second kappa shape index (κ2) is 20.1. The van der Waals surface area contributed by atoms with E-state index in [1.165, 1.54) is 24.3 Å². The van der Waals surface area contributed by atoms with Gasteiger partial charge in [0, 0.05) is 77.9 Å². The number of hydrogen-bond acceptors (Lipinski definition) is 17. The van der Waals surface area contributed by atoms with Crippen molar-refractivity contribution in [1.82, 2.24) is 15.0 Å². The zero-order valence-corrected chi connectivity index (χ0v) is 40.6. The lowest BCUT2D eigenvalue weighted by Gasteiger charge is -2.46. The summed E-state index contributed by atoms with van der Waals surface area (Å²) < 4.78 is 11.1. The normalized spacial score (nSPS) is 32.4. The first-order valence-electron chi connectivity index (χ1n) is 25.0. The average molecular weight is 1040 g/mol.